The molecule has 0 unspecified atom stereocenters. The number of carbonyl (C=O) groups is 3. The maximum Gasteiger partial charge on any atom is 0.410 e. The van der Waals surface area contributed by atoms with Gasteiger partial charge in [-0.25, -0.2) is 14.4 Å². The highest BCUT2D eigenvalue weighted by Gasteiger charge is 2.45. The molecule has 0 radical (unpaired) electrons. The zero-order chi connectivity index (χ0) is 25.0. The minimum atomic E-state index is -1.39. The largest absolute Gasteiger partial charge is 0.509 e. The molecule has 10 nitrogen and oxygen atoms in total. The first-order valence-corrected chi connectivity index (χ1v) is 10.7. The van der Waals surface area contributed by atoms with Gasteiger partial charge in [0, 0.05) is 52.6 Å². The van der Waals surface area contributed by atoms with Gasteiger partial charge in [-0.2, -0.15) is 0 Å². The van der Waals surface area contributed by atoms with Crippen LogP contribution in [-0.2, 0) is 23.8 Å². The van der Waals surface area contributed by atoms with Crippen LogP contribution < -0.4 is 4.90 Å². The Morgan fingerprint density at radius 2 is 1.73 bits per heavy atom. The maximum absolute atomic E-state index is 12.3. The fraction of sp³-hybridized carbons (Fsp3) is 0.565. The number of aromatic nitrogens is 1. The Morgan fingerprint density at radius 1 is 1.18 bits per heavy atom. The summed E-state index contributed by atoms with van der Waals surface area (Å²) in [6.07, 6.45) is 3.97. The summed E-state index contributed by atoms with van der Waals surface area (Å²) in [5.74, 6) is -3.85. The molecular weight excluding hydrogens is 430 g/mol. The highest BCUT2D eigenvalue weighted by atomic mass is 16.7. The van der Waals surface area contributed by atoms with E-state index in [1.165, 1.54) is 24.4 Å². The van der Waals surface area contributed by atoms with E-state index >= 15 is 0 Å². The van der Waals surface area contributed by atoms with E-state index in [1.807, 2.05) is 31.1 Å². The van der Waals surface area contributed by atoms with Crippen molar-refractivity contribution in [2.24, 2.45) is 0 Å². The van der Waals surface area contributed by atoms with Crippen LogP contribution in [0, 0.1) is 0 Å². The van der Waals surface area contributed by atoms with Crippen LogP contribution in [0.2, 0.25) is 0 Å². The van der Waals surface area contributed by atoms with Gasteiger partial charge < -0.3 is 24.2 Å². The van der Waals surface area contributed by atoms with E-state index in [9.17, 15) is 19.5 Å². The number of aliphatic hydroxyl groups is 1. The molecule has 0 bridgehead atoms. The number of nitrogens with zero attached hydrogens (tertiary/aromatic N) is 3. The van der Waals surface area contributed by atoms with E-state index in [4.69, 9.17) is 14.2 Å². The van der Waals surface area contributed by atoms with Crippen molar-refractivity contribution < 1.29 is 33.7 Å². The highest BCUT2D eigenvalue weighted by Crippen LogP contribution is 2.30. The van der Waals surface area contributed by atoms with Crippen molar-refractivity contribution in [2.75, 3.05) is 25.5 Å². The predicted molar refractivity (Wildman–Crippen MR) is 120 cm³/mol. The lowest BCUT2D eigenvalue weighted by Crippen LogP contribution is -2.45. The number of hydrogen-bond acceptors (Lipinski definition) is 9. The molecule has 1 aromatic rings. The van der Waals surface area contributed by atoms with Gasteiger partial charge in [-0.05, 0) is 45.7 Å². The van der Waals surface area contributed by atoms with Crippen molar-refractivity contribution in [3.05, 3.63) is 35.9 Å². The van der Waals surface area contributed by atoms with E-state index in [1.54, 1.807) is 33.2 Å². The molecule has 0 aliphatic carbocycles. The fourth-order valence-corrected chi connectivity index (χ4v) is 3.26. The Bertz CT molecular complexity index is 882. The number of hydrogen-bond donors (Lipinski definition) is 1. The quantitative estimate of drug-likeness (QED) is 0.305. The number of pyridine rings is 1. The number of aliphatic hydroxyl groups excluding tert-OH is 1. The SMILES string of the molecule is CC(C)(C)OC(=O)N1CCC[C@H]1C(O)=C1C(=O)OC(C)(C)OC1=O.CN(C)c1ccncc1. The second-order valence-electron chi connectivity index (χ2n) is 9.37. The third kappa shape index (κ3) is 7.10. The number of esters is 2. The zero-order valence-corrected chi connectivity index (χ0v) is 20.2. The molecule has 1 aromatic heterocycles. The second-order valence-corrected chi connectivity index (χ2v) is 9.37. The Labute approximate surface area is 194 Å². The van der Waals surface area contributed by atoms with E-state index < -0.39 is 46.8 Å². The molecule has 0 saturated carbocycles. The minimum absolute atomic E-state index is 0.354. The van der Waals surface area contributed by atoms with Crippen LogP contribution in [-0.4, -0.2) is 71.1 Å². The van der Waals surface area contributed by atoms with Crippen LogP contribution in [0.4, 0.5) is 10.5 Å². The molecule has 2 saturated heterocycles. The first-order valence-electron chi connectivity index (χ1n) is 10.7. The summed E-state index contributed by atoms with van der Waals surface area (Å²) in [4.78, 5) is 43.6. The van der Waals surface area contributed by atoms with Gasteiger partial charge in [0.05, 0.1) is 6.04 Å². The third-order valence-electron chi connectivity index (χ3n) is 4.72. The van der Waals surface area contributed by atoms with Crippen LogP contribution >= 0.6 is 0 Å². The lowest BCUT2D eigenvalue weighted by atomic mass is 10.1. The van der Waals surface area contributed by atoms with Gasteiger partial charge >= 0.3 is 18.0 Å². The molecule has 1 atom stereocenters. The maximum atomic E-state index is 12.3. The first kappa shape index (κ1) is 26.0. The van der Waals surface area contributed by atoms with Gasteiger partial charge in [-0.15, -0.1) is 0 Å². The smallest absolute Gasteiger partial charge is 0.410 e. The molecule has 0 aromatic carbocycles. The molecule has 33 heavy (non-hydrogen) atoms. The second kappa shape index (κ2) is 10.1. The molecule has 1 amide bonds. The van der Waals surface area contributed by atoms with E-state index in [-0.39, 0.29) is 0 Å². The summed E-state index contributed by atoms with van der Waals surface area (Å²) in [7, 11) is 4.02. The molecule has 1 N–H and O–H groups in total. The Kier molecular flexibility index (Phi) is 7.94. The van der Waals surface area contributed by atoms with Crippen molar-refractivity contribution >= 4 is 23.7 Å². The van der Waals surface area contributed by atoms with Gasteiger partial charge in [-0.3, -0.25) is 9.88 Å². The summed E-state index contributed by atoms with van der Waals surface area (Å²) >= 11 is 0. The van der Waals surface area contributed by atoms with Gasteiger partial charge in [0.25, 0.3) is 5.79 Å². The summed E-state index contributed by atoms with van der Waals surface area (Å²) in [6.45, 7) is 8.37. The molecule has 2 aliphatic rings. The van der Waals surface area contributed by atoms with Crippen molar-refractivity contribution in [3.8, 4) is 0 Å². The molecule has 10 heteroatoms. The number of cyclic esters (lactones) is 2. The summed E-state index contributed by atoms with van der Waals surface area (Å²) in [5.41, 5.74) is -0.0838. The standard InChI is InChI=1S/C16H23NO7.C7H10N2/c1-15(2,3)24-14(21)17-8-6-7-9(17)11(18)10-12(19)22-16(4,5)23-13(10)20;1-9(2)7-3-5-8-6-4-7/h9,18H,6-8H2,1-5H3;3-6H,1-2H3/t9-;/m0./s1. The zero-order valence-electron chi connectivity index (χ0n) is 20.2. The van der Waals surface area contributed by atoms with Gasteiger partial charge in [0.15, 0.2) is 5.57 Å². The summed E-state index contributed by atoms with van der Waals surface area (Å²) in [5, 5.41) is 10.4. The monoisotopic (exact) mass is 463 g/mol. The molecule has 182 valence electrons. The molecule has 2 aliphatic heterocycles. The average molecular weight is 464 g/mol. The molecule has 3 heterocycles. The molecule has 0 spiro atoms. The van der Waals surface area contributed by atoms with Crippen LogP contribution in [0.1, 0.15) is 47.5 Å². The Morgan fingerprint density at radius 3 is 2.18 bits per heavy atom. The van der Waals surface area contributed by atoms with E-state index in [2.05, 4.69) is 4.98 Å². The lowest BCUT2D eigenvalue weighted by Gasteiger charge is -2.32. The van der Waals surface area contributed by atoms with Crippen LogP contribution in [0.3, 0.4) is 0 Å². The third-order valence-corrected chi connectivity index (χ3v) is 4.72. The van der Waals surface area contributed by atoms with Crippen LogP contribution in [0.25, 0.3) is 0 Å². The van der Waals surface area contributed by atoms with Crippen molar-refractivity contribution in [1.29, 1.82) is 0 Å². The average Bonchev–Trinajstić information content (AvgIpc) is 3.16. The highest BCUT2D eigenvalue weighted by molar-refractivity contribution is 6.15. The number of ether oxygens (including phenoxy) is 3. The molecule has 3 rings (SSSR count). The Balaban J connectivity index is 0.000000357. The predicted octanol–water partition coefficient (Wildman–Crippen LogP) is 3.18. The topological polar surface area (TPSA) is 118 Å². The Hall–Kier alpha value is -3.30. The first-order chi connectivity index (χ1) is 15.2. The summed E-state index contributed by atoms with van der Waals surface area (Å²) in [6, 6.07) is 3.12. The van der Waals surface area contributed by atoms with Crippen molar-refractivity contribution in [2.45, 2.75) is 64.9 Å². The molecule has 2 fully saturated rings. The summed E-state index contributed by atoms with van der Waals surface area (Å²) < 4.78 is 15.3. The lowest BCUT2D eigenvalue weighted by molar-refractivity contribution is -0.222. The van der Waals surface area contributed by atoms with Crippen LogP contribution in [0.5, 0.6) is 0 Å². The van der Waals surface area contributed by atoms with E-state index in [0.717, 1.165) is 0 Å². The number of likely N-dealkylation sites (tertiary alicyclic amines) is 1. The van der Waals surface area contributed by atoms with Gasteiger partial charge in [0.1, 0.15) is 11.4 Å². The van der Waals surface area contributed by atoms with Crippen molar-refractivity contribution in [3.63, 3.8) is 0 Å². The minimum Gasteiger partial charge on any atom is -0.509 e. The van der Waals surface area contributed by atoms with Crippen molar-refractivity contribution in [1.82, 2.24) is 9.88 Å². The number of amides is 1. The molecular formula is C23H33N3O7. The number of carbonyl (C=O) groups excluding carboxylic acids is 3. The van der Waals surface area contributed by atoms with Gasteiger partial charge in [0.2, 0.25) is 0 Å². The van der Waals surface area contributed by atoms with Gasteiger partial charge in [-0.1, -0.05) is 0 Å². The van der Waals surface area contributed by atoms with E-state index in [0.29, 0.717) is 19.4 Å². The normalized spacial score (nSPS) is 19.7. The fourth-order valence-electron chi connectivity index (χ4n) is 3.26. The van der Waals surface area contributed by atoms with Crippen LogP contribution in [0.15, 0.2) is 35.9 Å². The number of anilines is 1. The number of rotatable bonds is 2.